The van der Waals surface area contributed by atoms with Crippen LogP contribution in [0.1, 0.15) is 30.4 Å². The summed E-state index contributed by atoms with van der Waals surface area (Å²) in [5.41, 5.74) is 1.87. The van der Waals surface area contributed by atoms with Crippen LogP contribution in [-0.4, -0.2) is 41.7 Å². The maximum Gasteiger partial charge on any atom is 0.417 e. The Morgan fingerprint density at radius 3 is 2.29 bits per heavy atom. The van der Waals surface area contributed by atoms with Crippen molar-refractivity contribution < 1.29 is 23.9 Å². The second-order valence-electron chi connectivity index (χ2n) is 8.00. The molecule has 31 heavy (non-hydrogen) atoms. The molecule has 7 heteroatoms. The highest BCUT2D eigenvalue weighted by Crippen LogP contribution is 2.32. The molecule has 2 aromatic carbocycles. The van der Waals surface area contributed by atoms with Crippen molar-refractivity contribution in [2.24, 2.45) is 5.92 Å². The van der Waals surface area contributed by atoms with Crippen LogP contribution in [0.15, 0.2) is 60.7 Å². The number of cyclic esters (lactones) is 1. The van der Waals surface area contributed by atoms with E-state index < -0.39 is 30.2 Å². The van der Waals surface area contributed by atoms with Crippen molar-refractivity contribution in [1.29, 1.82) is 0 Å². The second-order valence-corrected chi connectivity index (χ2v) is 8.00. The van der Waals surface area contributed by atoms with Crippen molar-refractivity contribution in [3.8, 4) is 0 Å². The standard InChI is InChI=1S/C24H26N2O5/c27-22(26-20(16-31-24(26)29)14-17-8-3-1-4-9-17)21(19-12-7-13-19)25-23(28)30-15-18-10-5-2-6-11-18/h1-6,8-11,19-21H,7,12-16H2,(H,25,28). The average Bonchev–Trinajstić information content (AvgIpc) is 3.11. The molecule has 2 unspecified atom stereocenters. The van der Waals surface area contributed by atoms with Crippen molar-refractivity contribution >= 4 is 18.1 Å². The van der Waals surface area contributed by atoms with Crippen molar-refractivity contribution in [2.45, 2.75) is 44.4 Å². The monoisotopic (exact) mass is 422 g/mol. The van der Waals surface area contributed by atoms with E-state index in [-0.39, 0.29) is 19.1 Å². The highest BCUT2D eigenvalue weighted by molar-refractivity contribution is 5.98. The van der Waals surface area contributed by atoms with Gasteiger partial charge in [0.15, 0.2) is 0 Å². The normalized spacial score (nSPS) is 19.3. The molecule has 2 fully saturated rings. The minimum absolute atomic E-state index is 0.0115. The zero-order valence-corrected chi connectivity index (χ0v) is 17.2. The maximum absolute atomic E-state index is 13.4. The predicted octanol–water partition coefficient (Wildman–Crippen LogP) is 3.67. The maximum atomic E-state index is 13.4. The lowest BCUT2D eigenvalue weighted by Crippen LogP contribution is -2.56. The molecule has 0 aromatic heterocycles. The van der Waals surface area contributed by atoms with Crippen LogP contribution in [0.3, 0.4) is 0 Å². The highest BCUT2D eigenvalue weighted by atomic mass is 16.6. The van der Waals surface area contributed by atoms with E-state index in [0.717, 1.165) is 30.4 Å². The van der Waals surface area contributed by atoms with E-state index in [0.29, 0.717) is 6.42 Å². The first-order valence-electron chi connectivity index (χ1n) is 10.6. The number of nitrogens with one attached hydrogen (secondary N) is 1. The van der Waals surface area contributed by atoms with Crippen LogP contribution in [-0.2, 0) is 27.3 Å². The fraction of sp³-hybridized carbons (Fsp3) is 0.375. The average molecular weight is 422 g/mol. The number of imide groups is 1. The number of nitrogens with zero attached hydrogens (tertiary/aromatic N) is 1. The summed E-state index contributed by atoms with van der Waals surface area (Å²) in [6.07, 6.45) is 1.82. The molecule has 1 N–H and O–H groups in total. The van der Waals surface area contributed by atoms with Crippen molar-refractivity contribution in [3.05, 3.63) is 71.8 Å². The second kappa shape index (κ2) is 9.64. The lowest BCUT2D eigenvalue weighted by atomic mass is 9.79. The summed E-state index contributed by atoms with van der Waals surface area (Å²) in [4.78, 5) is 39.3. The molecule has 1 heterocycles. The van der Waals surface area contributed by atoms with Crippen LogP contribution in [0.4, 0.5) is 9.59 Å². The quantitative estimate of drug-likeness (QED) is 0.736. The van der Waals surface area contributed by atoms with E-state index in [4.69, 9.17) is 9.47 Å². The smallest absolute Gasteiger partial charge is 0.417 e. The number of benzene rings is 2. The molecule has 1 aliphatic heterocycles. The lowest BCUT2D eigenvalue weighted by Gasteiger charge is -2.35. The van der Waals surface area contributed by atoms with Crippen molar-refractivity contribution in [3.63, 3.8) is 0 Å². The molecule has 1 aliphatic carbocycles. The predicted molar refractivity (Wildman–Crippen MR) is 113 cm³/mol. The highest BCUT2D eigenvalue weighted by Gasteiger charge is 2.44. The third-order valence-corrected chi connectivity index (χ3v) is 5.89. The molecule has 1 saturated heterocycles. The third kappa shape index (κ3) is 5.05. The first-order valence-corrected chi connectivity index (χ1v) is 10.6. The Hall–Kier alpha value is -3.35. The van der Waals surface area contributed by atoms with E-state index >= 15 is 0 Å². The number of carbonyl (C=O) groups excluding carboxylic acids is 3. The largest absolute Gasteiger partial charge is 0.447 e. The SMILES string of the molecule is O=C(NC(C(=O)N1C(=O)OCC1Cc1ccccc1)C1CCC1)OCc1ccccc1. The first-order chi connectivity index (χ1) is 15.1. The van der Waals surface area contributed by atoms with E-state index in [1.165, 1.54) is 4.90 Å². The number of rotatable bonds is 7. The van der Waals surface area contributed by atoms with Crippen molar-refractivity contribution in [1.82, 2.24) is 10.2 Å². The van der Waals surface area contributed by atoms with Gasteiger partial charge >= 0.3 is 12.2 Å². The van der Waals surface area contributed by atoms with Gasteiger partial charge in [-0.15, -0.1) is 0 Å². The van der Waals surface area contributed by atoms with Crippen LogP contribution in [0.2, 0.25) is 0 Å². The summed E-state index contributed by atoms with van der Waals surface area (Å²) < 4.78 is 10.5. The molecule has 4 rings (SSSR count). The summed E-state index contributed by atoms with van der Waals surface area (Å²) >= 11 is 0. The zero-order chi connectivity index (χ0) is 21.6. The third-order valence-electron chi connectivity index (χ3n) is 5.89. The zero-order valence-electron chi connectivity index (χ0n) is 17.2. The van der Waals surface area contributed by atoms with Gasteiger partial charge in [0, 0.05) is 0 Å². The van der Waals surface area contributed by atoms with Crippen molar-refractivity contribution in [2.75, 3.05) is 6.61 Å². The lowest BCUT2D eigenvalue weighted by molar-refractivity contribution is -0.133. The van der Waals surface area contributed by atoms with E-state index in [2.05, 4.69) is 5.32 Å². The van der Waals surface area contributed by atoms with Gasteiger partial charge in [-0.1, -0.05) is 67.1 Å². The summed E-state index contributed by atoms with van der Waals surface area (Å²) in [5.74, 6) is -0.438. The number of carbonyl (C=O) groups is 3. The van der Waals surface area contributed by atoms with Gasteiger partial charge in [0.25, 0.3) is 5.91 Å². The van der Waals surface area contributed by atoms with Gasteiger partial charge in [0.05, 0.1) is 6.04 Å². The molecule has 1 saturated carbocycles. The van der Waals surface area contributed by atoms with Gasteiger partial charge in [-0.25, -0.2) is 14.5 Å². The Morgan fingerprint density at radius 2 is 1.68 bits per heavy atom. The molecule has 0 spiro atoms. The van der Waals surface area contributed by atoms with Gasteiger partial charge in [-0.2, -0.15) is 0 Å². The van der Waals surface area contributed by atoms with Gasteiger partial charge in [-0.05, 0) is 36.3 Å². The molecule has 7 nitrogen and oxygen atoms in total. The van der Waals surface area contributed by atoms with Gasteiger partial charge < -0.3 is 14.8 Å². The molecule has 2 atom stereocenters. The van der Waals surface area contributed by atoms with Crippen LogP contribution >= 0.6 is 0 Å². The Bertz CT molecular complexity index is 914. The first kappa shape index (κ1) is 20.9. The fourth-order valence-electron chi connectivity index (χ4n) is 3.96. The minimum Gasteiger partial charge on any atom is -0.447 e. The van der Waals surface area contributed by atoms with E-state index in [1.807, 2.05) is 60.7 Å². The summed E-state index contributed by atoms with van der Waals surface area (Å²) in [6.45, 7) is 0.260. The van der Waals surface area contributed by atoms with Crippen LogP contribution in [0, 0.1) is 5.92 Å². The molecular weight excluding hydrogens is 396 g/mol. The van der Waals surface area contributed by atoms with Crippen LogP contribution in [0.25, 0.3) is 0 Å². The molecule has 162 valence electrons. The van der Waals surface area contributed by atoms with Gasteiger partial charge in [-0.3, -0.25) is 4.79 Å². The summed E-state index contributed by atoms with van der Waals surface area (Å²) in [6, 6.07) is 17.8. The Balaban J connectivity index is 1.43. The molecular formula is C24H26N2O5. The number of ether oxygens (including phenoxy) is 2. The number of hydrogen-bond acceptors (Lipinski definition) is 5. The van der Waals surface area contributed by atoms with E-state index in [1.54, 1.807) is 0 Å². The molecule has 2 aliphatic rings. The fourth-order valence-corrected chi connectivity index (χ4v) is 3.96. The molecule has 0 radical (unpaired) electrons. The Kier molecular flexibility index (Phi) is 6.50. The van der Waals surface area contributed by atoms with Gasteiger partial charge in [0.1, 0.15) is 19.3 Å². The molecule has 3 amide bonds. The Morgan fingerprint density at radius 1 is 1.03 bits per heavy atom. The number of amides is 3. The minimum atomic E-state index is -0.805. The molecule has 0 bridgehead atoms. The Labute approximate surface area is 181 Å². The topological polar surface area (TPSA) is 84.9 Å². The molecule has 2 aromatic rings. The van der Waals surface area contributed by atoms with Crippen LogP contribution in [0.5, 0.6) is 0 Å². The van der Waals surface area contributed by atoms with Gasteiger partial charge in [0.2, 0.25) is 0 Å². The number of hydrogen-bond donors (Lipinski definition) is 1. The number of alkyl carbamates (subject to hydrolysis) is 1. The van der Waals surface area contributed by atoms with E-state index in [9.17, 15) is 14.4 Å². The summed E-state index contributed by atoms with van der Waals surface area (Å²) in [7, 11) is 0. The van der Waals surface area contributed by atoms with Crippen LogP contribution < -0.4 is 5.32 Å². The summed E-state index contributed by atoms with van der Waals surface area (Å²) in [5, 5.41) is 2.71.